The number of pyridine rings is 1. The Hall–Kier alpha value is -3.61. The van der Waals surface area contributed by atoms with Gasteiger partial charge in [-0.1, -0.05) is 58.9 Å². The molecule has 0 spiro atoms. The van der Waals surface area contributed by atoms with Crippen LogP contribution >= 0.6 is 0 Å². The molecule has 0 atom stereocenters. The van der Waals surface area contributed by atoms with Gasteiger partial charge < -0.3 is 9.47 Å². The van der Waals surface area contributed by atoms with Gasteiger partial charge in [0.15, 0.2) is 5.75 Å². The van der Waals surface area contributed by atoms with E-state index in [0.717, 1.165) is 27.8 Å². The molecule has 0 aliphatic heterocycles. The topological polar surface area (TPSA) is 90.2 Å². The highest BCUT2D eigenvalue weighted by Gasteiger charge is 2.16. The number of ether oxygens (including phenoxy) is 2. The van der Waals surface area contributed by atoms with Crippen LogP contribution in [0.2, 0.25) is 0 Å². The maximum atomic E-state index is 10.5. The summed E-state index contributed by atoms with van der Waals surface area (Å²) in [5, 5.41) is 5.83. The van der Waals surface area contributed by atoms with Crippen LogP contribution in [0.4, 0.5) is 0 Å². The van der Waals surface area contributed by atoms with Crippen LogP contribution < -0.4 is 9.47 Å². The van der Waals surface area contributed by atoms with E-state index in [1.165, 1.54) is 7.11 Å². The summed E-state index contributed by atoms with van der Waals surface area (Å²) in [4.78, 5) is 25.6. The van der Waals surface area contributed by atoms with Crippen LogP contribution in [0, 0.1) is 9.81 Å². The van der Waals surface area contributed by atoms with Crippen molar-refractivity contribution in [2.75, 3.05) is 14.2 Å². The number of aromatic nitrogens is 1. The molecule has 2 aromatic carbocycles. The molecule has 0 N–H and O–H groups in total. The van der Waals surface area contributed by atoms with Gasteiger partial charge in [0.2, 0.25) is 0 Å². The van der Waals surface area contributed by atoms with Gasteiger partial charge in [-0.05, 0) is 22.8 Å². The molecule has 3 rings (SSSR count). The van der Waals surface area contributed by atoms with Crippen molar-refractivity contribution in [3.05, 3.63) is 75.5 Å². The largest absolute Gasteiger partial charge is 0.491 e. The maximum Gasteiger partial charge on any atom is 0.257 e. The second kappa shape index (κ2) is 8.85. The summed E-state index contributed by atoms with van der Waals surface area (Å²) < 4.78 is 10.8. The van der Waals surface area contributed by atoms with Gasteiger partial charge in [0, 0.05) is 11.1 Å². The molecule has 0 unspecified atom stereocenters. The summed E-state index contributed by atoms with van der Waals surface area (Å²) in [5.74, 6) is 0.892. The molecule has 28 heavy (non-hydrogen) atoms. The summed E-state index contributed by atoms with van der Waals surface area (Å²) in [5.41, 5.74) is 5.00. The lowest BCUT2D eigenvalue weighted by Crippen LogP contribution is -1.98. The fourth-order valence-electron chi connectivity index (χ4n) is 2.92. The normalized spacial score (nSPS) is 10.4. The molecule has 0 bridgehead atoms. The molecule has 0 fully saturated rings. The van der Waals surface area contributed by atoms with Crippen LogP contribution in [-0.4, -0.2) is 19.2 Å². The van der Waals surface area contributed by atoms with Crippen molar-refractivity contribution in [2.45, 2.75) is 13.1 Å². The molecule has 0 saturated heterocycles. The van der Waals surface area contributed by atoms with Crippen molar-refractivity contribution in [1.82, 2.24) is 4.98 Å². The number of rotatable bonds is 8. The fourth-order valence-corrected chi connectivity index (χ4v) is 2.92. The minimum absolute atomic E-state index is 0.124. The minimum atomic E-state index is 0.124. The van der Waals surface area contributed by atoms with Gasteiger partial charge in [0.1, 0.15) is 13.1 Å². The Balaban J connectivity index is 2.13. The second-order valence-corrected chi connectivity index (χ2v) is 6.06. The molecule has 3 aromatic rings. The molecule has 1 aromatic heterocycles. The number of hydrogen-bond acceptors (Lipinski definition) is 7. The standard InChI is InChI=1S/C21H19N3O4/c1-27-19-11-18(16-7-3-14(4-8-16)12-22-25)20(24-21(19)28-2)17-9-5-15(6-10-17)13-23-26/h3-11H,12-13H2,1-2H3. The van der Waals surface area contributed by atoms with Crippen LogP contribution in [-0.2, 0) is 13.1 Å². The smallest absolute Gasteiger partial charge is 0.257 e. The summed E-state index contributed by atoms with van der Waals surface area (Å²) in [6.45, 7) is 0.252. The van der Waals surface area contributed by atoms with E-state index in [0.29, 0.717) is 17.3 Å². The van der Waals surface area contributed by atoms with E-state index < -0.39 is 0 Å². The zero-order chi connectivity index (χ0) is 19.9. The molecule has 0 saturated carbocycles. The summed E-state index contributed by atoms with van der Waals surface area (Å²) in [6.07, 6.45) is 0. The van der Waals surface area contributed by atoms with Crippen LogP contribution in [0.15, 0.2) is 65.0 Å². The third-order valence-electron chi connectivity index (χ3n) is 4.35. The van der Waals surface area contributed by atoms with E-state index in [4.69, 9.17) is 9.47 Å². The Morgan fingerprint density at radius 3 is 1.79 bits per heavy atom. The Kier molecular flexibility index (Phi) is 6.06. The van der Waals surface area contributed by atoms with E-state index in [2.05, 4.69) is 15.3 Å². The van der Waals surface area contributed by atoms with Gasteiger partial charge in [-0.25, -0.2) is 4.98 Å². The molecule has 0 aliphatic carbocycles. The lowest BCUT2D eigenvalue weighted by molar-refractivity contribution is 0.343. The first-order valence-electron chi connectivity index (χ1n) is 8.60. The van der Waals surface area contributed by atoms with Gasteiger partial charge in [0.25, 0.3) is 5.88 Å². The second-order valence-electron chi connectivity index (χ2n) is 6.06. The van der Waals surface area contributed by atoms with Gasteiger partial charge in [-0.3, -0.25) is 0 Å². The van der Waals surface area contributed by atoms with Crippen LogP contribution in [0.1, 0.15) is 11.1 Å². The highest BCUT2D eigenvalue weighted by molar-refractivity contribution is 5.82. The van der Waals surface area contributed by atoms with Gasteiger partial charge in [-0.2, -0.15) is 9.81 Å². The maximum absolute atomic E-state index is 10.5. The van der Waals surface area contributed by atoms with E-state index >= 15 is 0 Å². The van der Waals surface area contributed by atoms with Crippen molar-refractivity contribution < 1.29 is 9.47 Å². The summed E-state index contributed by atoms with van der Waals surface area (Å²) in [6, 6.07) is 16.9. The average Bonchev–Trinajstić information content (AvgIpc) is 2.74. The number of benzene rings is 2. The lowest BCUT2D eigenvalue weighted by atomic mass is 9.97. The molecule has 0 amide bonds. The van der Waals surface area contributed by atoms with E-state index in [1.807, 2.05) is 54.6 Å². The Labute approximate surface area is 162 Å². The Morgan fingerprint density at radius 2 is 1.32 bits per heavy atom. The minimum Gasteiger partial charge on any atom is -0.491 e. The molecule has 0 aliphatic rings. The molecule has 7 heteroatoms. The molecular formula is C21H19N3O4. The fraction of sp³-hybridized carbons (Fsp3) is 0.190. The van der Waals surface area contributed by atoms with Gasteiger partial charge in [0.05, 0.1) is 19.9 Å². The Morgan fingerprint density at radius 1 is 0.786 bits per heavy atom. The van der Waals surface area contributed by atoms with Crippen molar-refractivity contribution >= 4 is 0 Å². The summed E-state index contributed by atoms with van der Waals surface area (Å²) in [7, 11) is 3.09. The zero-order valence-corrected chi connectivity index (χ0v) is 15.6. The molecule has 0 radical (unpaired) electrons. The van der Waals surface area contributed by atoms with E-state index in [-0.39, 0.29) is 13.1 Å². The third kappa shape index (κ3) is 4.03. The van der Waals surface area contributed by atoms with Crippen molar-refractivity contribution in [3.63, 3.8) is 0 Å². The third-order valence-corrected chi connectivity index (χ3v) is 4.35. The van der Waals surface area contributed by atoms with Crippen molar-refractivity contribution in [1.29, 1.82) is 0 Å². The molecular weight excluding hydrogens is 358 g/mol. The van der Waals surface area contributed by atoms with Crippen LogP contribution in [0.5, 0.6) is 11.6 Å². The monoisotopic (exact) mass is 377 g/mol. The molecule has 1 heterocycles. The Bertz CT molecular complexity index is 890. The number of nitroso groups, excluding NO2 is 2. The highest BCUT2D eigenvalue weighted by atomic mass is 16.5. The van der Waals surface area contributed by atoms with Gasteiger partial charge >= 0.3 is 0 Å². The predicted octanol–water partition coefficient (Wildman–Crippen LogP) is 4.97. The summed E-state index contributed by atoms with van der Waals surface area (Å²) >= 11 is 0. The molecule has 142 valence electrons. The average molecular weight is 377 g/mol. The number of nitrogens with zero attached hydrogens (tertiary/aromatic N) is 3. The van der Waals surface area contributed by atoms with Crippen molar-refractivity contribution in [2.24, 2.45) is 10.4 Å². The molecule has 7 nitrogen and oxygen atoms in total. The number of hydrogen-bond donors (Lipinski definition) is 0. The van der Waals surface area contributed by atoms with Crippen LogP contribution in [0.25, 0.3) is 22.4 Å². The first-order valence-corrected chi connectivity index (χ1v) is 8.60. The van der Waals surface area contributed by atoms with E-state index in [9.17, 15) is 9.81 Å². The van der Waals surface area contributed by atoms with Crippen LogP contribution in [0.3, 0.4) is 0 Å². The zero-order valence-electron chi connectivity index (χ0n) is 15.6. The first-order chi connectivity index (χ1) is 13.7. The lowest BCUT2D eigenvalue weighted by Gasteiger charge is -2.15. The van der Waals surface area contributed by atoms with Gasteiger partial charge in [-0.15, -0.1) is 0 Å². The SMILES string of the molecule is COc1cc(-c2ccc(CN=O)cc2)c(-c2ccc(CN=O)cc2)nc1OC. The number of methoxy groups -OCH3 is 2. The predicted molar refractivity (Wildman–Crippen MR) is 107 cm³/mol. The highest BCUT2D eigenvalue weighted by Crippen LogP contribution is 2.38. The van der Waals surface area contributed by atoms with Crippen molar-refractivity contribution in [3.8, 4) is 34.0 Å². The quantitative estimate of drug-likeness (QED) is 0.517. The first kappa shape index (κ1) is 19.2. The van der Waals surface area contributed by atoms with E-state index in [1.54, 1.807) is 7.11 Å².